The Morgan fingerprint density at radius 2 is 2.07 bits per heavy atom. The van der Waals surface area contributed by atoms with Crippen LogP contribution in [0.2, 0.25) is 0 Å². The Morgan fingerprint density at radius 1 is 1.37 bits per heavy atom. The number of nitrogens with two attached hydrogens (primary N) is 1. The summed E-state index contributed by atoms with van der Waals surface area (Å²) in [6.45, 7) is 2.63. The van der Waals surface area contributed by atoms with Crippen molar-refractivity contribution in [3.05, 3.63) is 34.3 Å². The number of halogens is 1. The average Bonchev–Trinajstić information content (AvgIpc) is 3.05. The number of carbonyl (C=O) groups excluding carboxylic acids is 1. The fraction of sp³-hybridized carbons (Fsp3) is 0.375. The van der Waals surface area contributed by atoms with Gasteiger partial charge in [0.1, 0.15) is 11.4 Å². The lowest BCUT2D eigenvalue weighted by atomic mass is 10.2. The van der Waals surface area contributed by atoms with Crippen LogP contribution in [-0.4, -0.2) is 50.9 Å². The molecule has 2 aromatic rings. The van der Waals surface area contributed by atoms with E-state index in [0.717, 1.165) is 9.31 Å². The Bertz CT molecular complexity index is 884. The Labute approximate surface area is 169 Å². The molecule has 0 bridgehead atoms. The lowest BCUT2D eigenvalue weighted by molar-refractivity contribution is 0.102. The fourth-order valence-corrected chi connectivity index (χ4v) is 3.82. The molecule has 1 aromatic heterocycles. The van der Waals surface area contributed by atoms with Gasteiger partial charge in [-0.1, -0.05) is 0 Å². The van der Waals surface area contributed by atoms with Gasteiger partial charge >= 0.3 is 0 Å². The maximum Gasteiger partial charge on any atom is 0.275 e. The summed E-state index contributed by atoms with van der Waals surface area (Å²) >= 11 is 1.35. The van der Waals surface area contributed by atoms with E-state index in [1.807, 2.05) is 0 Å². The molecule has 0 spiro atoms. The topological polar surface area (TPSA) is 115 Å². The molecule has 0 fully saturated rings. The van der Waals surface area contributed by atoms with Gasteiger partial charge in [-0.15, -0.1) is 23.7 Å². The van der Waals surface area contributed by atoms with Gasteiger partial charge in [0.2, 0.25) is 10.0 Å². The predicted octanol–water partition coefficient (Wildman–Crippen LogP) is 1.97. The molecule has 0 unspecified atom stereocenters. The number of rotatable bonds is 8. The van der Waals surface area contributed by atoms with Crippen molar-refractivity contribution in [3.8, 4) is 5.75 Å². The molecular formula is C16H23ClN4O4S2. The SMILES string of the molecule is CCOc1ccc(S(=O)(=O)N(C)C)cc1NC(=O)c1csc(CCN)n1.Cl. The van der Waals surface area contributed by atoms with Crippen molar-refractivity contribution in [1.29, 1.82) is 0 Å². The third-order valence-corrected chi connectivity index (χ3v) is 6.14. The molecular weight excluding hydrogens is 412 g/mol. The van der Waals surface area contributed by atoms with E-state index in [2.05, 4.69) is 10.3 Å². The molecule has 1 amide bonds. The van der Waals surface area contributed by atoms with Crippen molar-refractivity contribution in [1.82, 2.24) is 9.29 Å². The maximum absolute atomic E-state index is 12.5. The standard InChI is InChI=1S/C16H22N4O4S2.ClH/c1-4-24-14-6-5-11(26(22,23)20(2)3)9-12(14)19-16(21)13-10-25-15(18-13)7-8-17;/h5-6,9-10H,4,7-8,17H2,1-3H3,(H,19,21);1H. The van der Waals surface area contributed by atoms with Crippen molar-refractivity contribution in [2.75, 3.05) is 32.6 Å². The number of carbonyl (C=O) groups is 1. The molecule has 2 rings (SSSR count). The van der Waals surface area contributed by atoms with Crippen LogP contribution in [0.1, 0.15) is 22.4 Å². The van der Waals surface area contributed by atoms with E-state index in [1.54, 1.807) is 12.3 Å². The molecule has 0 aliphatic rings. The molecule has 27 heavy (non-hydrogen) atoms. The molecule has 150 valence electrons. The molecule has 11 heteroatoms. The predicted molar refractivity (Wildman–Crippen MR) is 109 cm³/mol. The van der Waals surface area contributed by atoms with Crippen molar-refractivity contribution in [2.24, 2.45) is 5.73 Å². The number of anilines is 1. The van der Waals surface area contributed by atoms with Crippen molar-refractivity contribution in [3.63, 3.8) is 0 Å². The summed E-state index contributed by atoms with van der Waals surface area (Å²) in [7, 11) is -0.750. The first kappa shape index (κ1) is 23.3. The van der Waals surface area contributed by atoms with Gasteiger partial charge in [0.15, 0.2) is 0 Å². The van der Waals surface area contributed by atoms with Crippen LogP contribution in [0, 0.1) is 0 Å². The Balaban J connectivity index is 0.00000364. The minimum absolute atomic E-state index is 0. The summed E-state index contributed by atoms with van der Waals surface area (Å²) in [6.07, 6.45) is 0.596. The van der Waals surface area contributed by atoms with Crippen molar-refractivity contribution < 1.29 is 17.9 Å². The minimum atomic E-state index is -3.64. The number of nitrogens with zero attached hydrogens (tertiary/aromatic N) is 2. The van der Waals surface area contributed by atoms with Crippen LogP contribution in [0.4, 0.5) is 5.69 Å². The minimum Gasteiger partial charge on any atom is -0.492 e. The summed E-state index contributed by atoms with van der Waals surface area (Å²) in [5.74, 6) is -0.0548. The normalized spacial score (nSPS) is 11.1. The van der Waals surface area contributed by atoms with Gasteiger partial charge in [-0.05, 0) is 31.7 Å². The van der Waals surface area contributed by atoms with Crippen LogP contribution in [-0.2, 0) is 16.4 Å². The van der Waals surface area contributed by atoms with E-state index >= 15 is 0 Å². The zero-order chi connectivity index (χ0) is 19.3. The number of hydrogen-bond donors (Lipinski definition) is 2. The highest BCUT2D eigenvalue weighted by atomic mass is 35.5. The zero-order valence-corrected chi connectivity index (χ0v) is 17.7. The highest BCUT2D eigenvalue weighted by Gasteiger charge is 2.21. The van der Waals surface area contributed by atoms with Crippen LogP contribution in [0.25, 0.3) is 0 Å². The van der Waals surface area contributed by atoms with E-state index in [-0.39, 0.29) is 28.7 Å². The van der Waals surface area contributed by atoms with Crippen molar-refractivity contribution >= 4 is 45.4 Å². The summed E-state index contributed by atoms with van der Waals surface area (Å²) in [5, 5.41) is 5.09. The molecule has 8 nitrogen and oxygen atoms in total. The Morgan fingerprint density at radius 3 is 2.67 bits per heavy atom. The second-order valence-corrected chi connectivity index (χ2v) is 8.59. The second kappa shape index (κ2) is 10.00. The number of sulfonamides is 1. The van der Waals surface area contributed by atoms with Gasteiger partial charge in [0, 0.05) is 25.9 Å². The number of nitrogens with one attached hydrogen (secondary N) is 1. The third-order valence-electron chi connectivity index (χ3n) is 3.42. The molecule has 0 radical (unpaired) electrons. The van der Waals surface area contributed by atoms with Crippen LogP contribution >= 0.6 is 23.7 Å². The number of benzene rings is 1. The van der Waals surface area contributed by atoms with E-state index in [0.29, 0.717) is 25.3 Å². The lowest BCUT2D eigenvalue weighted by Crippen LogP contribution is -2.22. The summed E-state index contributed by atoms with van der Waals surface area (Å²) in [4.78, 5) is 16.8. The van der Waals surface area contributed by atoms with Gasteiger partial charge in [-0.3, -0.25) is 4.79 Å². The van der Waals surface area contributed by atoms with Crippen LogP contribution in [0.5, 0.6) is 5.75 Å². The molecule has 0 saturated heterocycles. The molecule has 3 N–H and O–H groups in total. The lowest BCUT2D eigenvalue weighted by Gasteiger charge is -2.15. The summed E-state index contributed by atoms with van der Waals surface area (Å²) < 4.78 is 31.3. The molecule has 1 aromatic carbocycles. The average molecular weight is 435 g/mol. The van der Waals surface area contributed by atoms with Gasteiger partial charge < -0.3 is 15.8 Å². The Hall–Kier alpha value is -1.72. The fourth-order valence-electron chi connectivity index (χ4n) is 2.10. The number of hydrogen-bond acceptors (Lipinski definition) is 7. The highest BCUT2D eigenvalue weighted by Crippen LogP contribution is 2.29. The smallest absolute Gasteiger partial charge is 0.275 e. The van der Waals surface area contributed by atoms with Crippen molar-refractivity contribution in [2.45, 2.75) is 18.2 Å². The van der Waals surface area contributed by atoms with E-state index in [9.17, 15) is 13.2 Å². The monoisotopic (exact) mass is 434 g/mol. The van der Waals surface area contributed by atoms with E-state index in [1.165, 1.54) is 43.6 Å². The first-order valence-electron chi connectivity index (χ1n) is 7.94. The van der Waals surface area contributed by atoms with Crippen LogP contribution < -0.4 is 15.8 Å². The van der Waals surface area contributed by atoms with Crippen LogP contribution in [0.3, 0.4) is 0 Å². The van der Waals surface area contributed by atoms with Gasteiger partial charge in [-0.25, -0.2) is 17.7 Å². The molecule has 0 aliphatic carbocycles. The largest absolute Gasteiger partial charge is 0.492 e. The van der Waals surface area contributed by atoms with Gasteiger partial charge in [0.05, 0.1) is 22.2 Å². The number of ether oxygens (including phenoxy) is 1. The summed E-state index contributed by atoms with van der Waals surface area (Å²) in [6, 6.07) is 4.35. The zero-order valence-electron chi connectivity index (χ0n) is 15.3. The molecule has 0 saturated carbocycles. The quantitative estimate of drug-likeness (QED) is 0.656. The molecule has 0 aliphatic heterocycles. The molecule has 1 heterocycles. The Kier molecular flexibility index (Phi) is 8.63. The second-order valence-electron chi connectivity index (χ2n) is 5.50. The van der Waals surface area contributed by atoms with E-state index in [4.69, 9.17) is 10.5 Å². The molecule has 0 atom stereocenters. The first-order chi connectivity index (χ1) is 12.3. The number of amides is 1. The van der Waals surface area contributed by atoms with Gasteiger partial charge in [-0.2, -0.15) is 0 Å². The number of aromatic nitrogens is 1. The van der Waals surface area contributed by atoms with Crippen LogP contribution in [0.15, 0.2) is 28.5 Å². The maximum atomic E-state index is 12.5. The summed E-state index contributed by atoms with van der Waals surface area (Å²) in [5.41, 5.74) is 6.02. The number of thiazole rings is 1. The van der Waals surface area contributed by atoms with E-state index < -0.39 is 15.9 Å². The van der Waals surface area contributed by atoms with Gasteiger partial charge in [0.25, 0.3) is 5.91 Å². The first-order valence-corrected chi connectivity index (χ1v) is 10.3. The highest BCUT2D eigenvalue weighted by molar-refractivity contribution is 7.89. The third kappa shape index (κ3) is 5.63.